The topological polar surface area (TPSA) is 148 Å². The number of esters is 1. The van der Waals surface area contributed by atoms with Gasteiger partial charge in [0.05, 0.1) is 13.2 Å². The van der Waals surface area contributed by atoms with Crippen molar-refractivity contribution in [2.24, 2.45) is 17.6 Å². The summed E-state index contributed by atoms with van der Waals surface area (Å²) in [5.41, 5.74) is 6.68. The van der Waals surface area contributed by atoms with Crippen LogP contribution in [0.2, 0.25) is 0 Å². The van der Waals surface area contributed by atoms with Crippen molar-refractivity contribution in [1.82, 2.24) is 10.2 Å². The Morgan fingerprint density at radius 3 is 2.21 bits per heavy atom. The highest BCUT2D eigenvalue weighted by Crippen LogP contribution is 2.19. The van der Waals surface area contributed by atoms with Crippen LogP contribution in [-0.4, -0.2) is 71.8 Å². The first-order valence-corrected chi connectivity index (χ1v) is 13.1. The first-order chi connectivity index (χ1) is 17.8. The molecule has 1 aromatic rings. The van der Waals surface area contributed by atoms with Crippen molar-refractivity contribution in [2.75, 3.05) is 20.3 Å². The van der Waals surface area contributed by atoms with Gasteiger partial charge in [-0.25, -0.2) is 9.59 Å². The molecule has 1 unspecified atom stereocenters. The predicted octanol–water partition coefficient (Wildman–Crippen LogP) is 2.80. The number of hydrogen-bond donors (Lipinski definition) is 3. The fourth-order valence-electron chi connectivity index (χ4n) is 3.95. The largest absolute Gasteiger partial charge is 0.467 e. The summed E-state index contributed by atoms with van der Waals surface area (Å²) in [6, 6.07) is 7.48. The third-order valence-corrected chi connectivity index (χ3v) is 5.99. The minimum Gasteiger partial charge on any atom is -0.467 e. The van der Waals surface area contributed by atoms with Gasteiger partial charge in [0, 0.05) is 25.5 Å². The Bertz CT molecular complexity index is 899. The number of nitrogens with zero attached hydrogens (tertiary/aromatic N) is 1. The molecule has 0 radical (unpaired) electrons. The van der Waals surface area contributed by atoms with E-state index in [9.17, 15) is 24.3 Å². The van der Waals surface area contributed by atoms with Gasteiger partial charge in [-0.3, -0.25) is 14.5 Å². The van der Waals surface area contributed by atoms with Crippen LogP contribution < -0.4 is 11.1 Å². The summed E-state index contributed by atoms with van der Waals surface area (Å²) in [4.78, 5) is 52.4. The monoisotopic (exact) mass is 535 g/mol. The number of aliphatic hydroxyl groups is 1. The standard InChI is InChI=1S/C28H45N3O7/c1-19(2)24(26(35)37-6)31(22(33)16-12-8-11-15-20-13-9-7-10-14-20)25(34)23(29)21(18-32)17-30-27(36)38-28(3,4)5/h7,9-10,13-14,19,21,23-24,32H,8,11-12,15-18,29H2,1-6H3,(H,30,36)/t21?,23-,24-/m0/s1. The summed E-state index contributed by atoms with van der Waals surface area (Å²) in [5, 5.41) is 12.4. The molecule has 1 rings (SSSR count). The summed E-state index contributed by atoms with van der Waals surface area (Å²) in [5.74, 6) is -3.43. The molecule has 0 saturated carbocycles. The molecule has 1 aromatic carbocycles. The van der Waals surface area contributed by atoms with Crippen LogP contribution in [0.1, 0.15) is 65.9 Å². The fraction of sp³-hybridized carbons (Fsp3) is 0.643. The van der Waals surface area contributed by atoms with E-state index in [1.165, 1.54) is 12.7 Å². The maximum Gasteiger partial charge on any atom is 0.407 e. The first-order valence-electron chi connectivity index (χ1n) is 13.1. The highest BCUT2D eigenvalue weighted by atomic mass is 16.6. The first kappa shape index (κ1) is 33.0. The minimum atomic E-state index is -1.36. The van der Waals surface area contributed by atoms with Crippen molar-refractivity contribution in [2.45, 2.75) is 84.4 Å². The molecule has 0 spiro atoms. The third-order valence-electron chi connectivity index (χ3n) is 5.99. The number of carbonyl (C=O) groups is 4. The maximum atomic E-state index is 13.5. The van der Waals surface area contributed by atoms with E-state index >= 15 is 0 Å². The lowest BCUT2D eigenvalue weighted by Crippen LogP contribution is -2.59. The van der Waals surface area contributed by atoms with Gasteiger partial charge in [-0.1, -0.05) is 50.6 Å². The Balaban J connectivity index is 2.94. The van der Waals surface area contributed by atoms with Gasteiger partial charge in [0.1, 0.15) is 11.6 Å². The Kier molecular flexibility index (Phi) is 14.0. The second-order valence-electron chi connectivity index (χ2n) is 10.7. The number of aliphatic hydroxyl groups excluding tert-OH is 1. The van der Waals surface area contributed by atoms with Crippen molar-refractivity contribution >= 4 is 23.9 Å². The molecule has 0 heterocycles. The van der Waals surface area contributed by atoms with Crippen LogP contribution in [0.25, 0.3) is 0 Å². The number of benzene rings is 1. The van der Waals surface area contributed by atoms with Crippen molar-refractivity contribution < 1.29 is 33.8 Å². The summed E-state index contributed by atoms with van der Waals surface area (Å²) < 4.78 is 10.1. The number of imide groups is 1. The number of ether oxygens (including phenoxy) is 2. The Morgan fingerprint density at radius 1 is 1.05 bits per heavy atom. The zero-order chi connectivity index (χ0) is 28.9. The molecule has 3 atom stereocenters. The smallest absolute Gasteiger partial charge is 0.407 e. The average Bonchev–Trinajstić information content (AvgIpc) is 2.85. The van der Waals surface area contributed by atoms with E-state index in [-0.39, 0.29) is 13.0 Å². The SMILES string of the molecule is COC(=O)[C@H](C(C)C)N(C(=O)CCCCCc1ccccc1)C(=O)[C@@H](N)C(CO)CNC(=O)OC(C)(C)C. The number of carbonyl (C=O) groups excluding carboxylic acids is 4. The van der Waals surface area contributed by atoms with Crippen molar-refractivity contribution in [1.29, 1.82) is 0 Å². The molecule has 0 aromatic heterocycles. The quantitative estimate of drug-likeness (QED) is 0.243. The number of nitrogens with two attached hydrogens (primary N) is 1. The molecule has 3 amide bonds. The molecule has 0 fully saturated rings. The van der Waals surface area contributed by atoms with Crippen molar-refractivity contribution in [3.8, 4) is 0 Å². The van der Waals surface area contributed by atoms with E-state index in [1.807, 2.05) is 30.3 Å². The van der Waals surface area contributed by atoms with Crippen LogP contribution >= 0.6 is 0 Å². The second kappa shape index (κ2) is 16.1. The Labute approximate surface area is 226 Å². The van der Waals surface area contributed by atoms with Gasteiger partial charge in [0.2, 0.25) is 11.8 Å². The van der Waals surface area contributed by atoms with Crippen LogP contribution in [0, 0.1) is 11.8 Å². The molecule has 0 bridgehead atoms. The molecule has 0 saturated heterocycles. The number of rotatable bonds is 14. The molecular formula is C28H45N3O7. The molecular weight excluding hydrogens is 490 g/mol. The summed E-state index contributed by atoms with van der Waals surface area (Å²) in [7, 11) is 1.19. The zero-order valence-corrected chi connectivity index (χ0v) is 23.6. The number of methoxy groups -OCH3 is 1. The van der Waals surface area contributed by atoms with Crippen LogP contribution in [0.15, 0.2) is 30.3 Å². The zero-order valence-electron chi connectivity index (χ0n) is 23.6. The molecule has 0 aliphatic heterocycles. The third kappa shape index (κ3) is 11.2. The van der Waals surface area contributed by atoms with Crippen LogP contribution in [-0.2, 0) is 30.3 Å². The van der Waals surface area contributed by atoms with Crippen molar-refractivity contribution in [3.05, 3.63) is 35.9 Å². The molecule has 0 aliphatic carbocycles. The van der Waals surface area contributed by atoms with E-state index in [4.69, 9.17) is 15.2 Å². The second-order valence-corrected chi connectivity index (χ2v) is 10.7. The van der Waals surface area contributed by atoms with E-state index in [1.54, 1.807) is 34.6 Å². The number of nitrogens with one attached hydrogen (secondary N) is 1. The summed E-state index contributed by atoms with van der Waals surface area (Å²) in [6.45, 7) is 7.82. The maximum absolute atomic E-state index is 13.5. The van der Waals surface area contributed by atoms with Crippen LogP contribution in [0.3, 0.4) is 0 Å². The van der Waals surface area contributed by atoms with Gasteiger partial charge in [-0.15, -0.1) is 0 Å². The van der Waals surface area contributed by atoms with Gasteiger partial charge in [-0.05, 0) is 51.5 Å². The van der Waals surface area contributed by atoms with Crippen molar-refractivity contribution in [3.63, 3.8) is 0 Å². The van der Waals surface area contributed by atoms with Gasteiger partial charge in [0.15, 0.2) is 0 Å². The van der Waals surface area contributed by atoms with E-state index in [2.05, 4.69) is 5.32 Å². The summed E-state index contributed by atoms with van der Waals surface area (Å²) >= 11 is 0. The average molecular weight is 536 g/mol. The van der Waals surface area contributed by atoms with Crippen LogP contribution in [0.4, 0.5) is 4.79 Å². The lowest BCUT2D eigenvalue weighted by Gasteiger charge is -2.34. The van der Waals surface area contributed by atoms with Gasteiger partial charge in [0.25, 0.3) is 0 Å². The van der Waals surface area contributed by atoms with Gasteiger partial charge < -0.3 is 25.6 Å². The lowest BCUT2D eigenvalue weighted by atomic mass is 9.96. The molecule has 4 N–H and O–H groups in total. The van der Waals surface area contributed by atoms with Crippen LogP contribution in [0.5, 0.6) is 0 Å². The van der Waals surface area contributed by atoms with Gasteiger partial charge in [-0.2, -0.15) is 0 Å². The van der Waals surface area contributed by atoms with E-state index in [0.29, 0.717) is 6.42 Å². The lowest BCUT2D eigenvalue weighted by molar-refractivity contribution is -0.163. The normalized spacial score (nSPS) is 13.8. The number of unbranched alkanes of at least 4 members (excludes halogenated alkanes) is 2. The molecule has 214 valence electrons. The molecule has 0 aliphatic rings. The Morgan fingerprint density at radius 2 is 1.68 bits per heavy atom. The highest BCUT2D eigenvalue weighted by Gasteiger charge is 2.41. The van der Waals surface area contributed by atoms with E-state index < -0.39 is 60.0 Å². The summed E-state index contributed by atoms with van der Waals surface area (Å²) in [6.07, 6.45) is 2.36. The highest BCUT2D eigenvalue weighted by molar-refractivity contribution is 6.01. The van der Waals surface area contributed by atoms with E-state index in [0.717, 1.165) is 24.2 Å². The fourth-order valence-corrected chi connectivity index (χ4v) is 3.95. The van der Waals surface area contributed by atoms with Gasteiger partial charge >= 0.3 is 12.1 Å². The minimum absolute atomic E-state index is 0.0490. The molecule has 10 nitrogen and oxygen atoms in total. The Hall–Kier alpha value is -2.98. The number of hydrogen-bond acceptors (Lipinski definition) is 8. The predicted molar refractivity (Wildman–Crippen MR) is 144 cm³/mol. The number of alkyl carbamates (subject to hydrolysis) is 1. The number of amides is 3. The molecule has 10 heteroatoms. The molecule has 38 heavy (non-hydrogen) atoms. The number of aryl methyl sites for hydroxylation is 1.